The molecule has 0 saturated carbocycles. The zero-order valence-electron chi connectivity index (χ0n) is 13.4. The molecule has 0 spiro atoms. The Balaban J connectivity index is 2.39. The van der Waals surface area contributed by atoms with Gasteiger partial charge in [0, 0.05) is 25.1 Å². The van der Waals surface area contributed by atoms with E-state index < -0.39 is 0 Å². The van der Waals surface area contributed by atoms with E-state index in [2.05, 4.69) is 17.3 Å². The summed E-state index contributed by atoms with van der Waals surface area (Å²) in [5, 5.41) is 16.9. The van der Waals surface area contributed by atoms with E-state index >= 15 is 0 Å². The van der Waals surface area contributed by atoms with Crippen molar-refractivity contribution >= 4 is 16.7 Å². The first-order chi connectivity index (χ1) is 11.2. The molecule has 0 saturated heterocycles. The molecule has 0 atom stereocenters. The van der Waals surface area contributed by atoms with Gasteiger partial charge in [0.15, 0.2) is 5.69 Å². The fraction of sp³-hybridized carbons (Fsp3) is 0.471. The number of amides is 1. The van der Waals surface area contributed by atoms with Crippen LogP contribution in [0.5, 0.6) is 0 Å². The van der Waals surface area contributed by atoms with E-state index in [-0.39, 0.29) is 23.8 Å². The molecule has 1 aromatic carbocycles. The van der Waals surface area contributed by atoms with E-state index in [0.717, 1.165) is 19.3 Å². The number of aliphatic hydroxyl groups is 1. The summed E-state index contributed by atoms with van der Waals surface area (Å²) in [6.45, 7) is 3.00. The molecule has 6 nitrogen and oxygen atoms in total. The highest BCUT2D eigenvalue weighted by Crippen LogP contribution is 2.13. The molecule has 0 unspecified atom stereocenters. The fourth-order valence-electron chi connectivity index (χ4n) is 2.43. The summed E-state index contributed by atoms with van der Waals surface area (Å²) in [5.74, 6) is -0.320. The third-order valence-electron chi connectivity index (χ3n) is 3.68. The molecule has 0 radical (unpaired) electrons. The lowest BCUT2D eigenvalue weighted by molar-refractivity contribution is 0.0945. The van der Waals surface area contributed by atoms with Crippen molar-refractivity contribution in [3.63, 3.8) is 0 Å². The lowest BCUT2D eigenvalue weighted by Gasteiger charge is -2.11. The number of fused-ring (bicyclic) bond motifs is 1. The molecule has 124 valence electrons. The second kappa shape index (κ2) is 8.43. The molecule has 0 bridgehead atoms. The molecule has 0 fully saturated rings. The van der Waals surface area contributed by atoms with E-state index in [1.807, 2.05) is 0 Å². The molecule has 1 aromatic heterocycles. The maximum atomic E-state index is 12.5. The Morgan fingerprint density at radius 1 is 1.22 bits per heavy atom. The lowest BCUT2D eigenvalue weighted by Crippen LogP contribution is -2.31. The number of carbonyl (C=O) groups excluding carboxylic acids is 1. The van der Waals surface area contributed by atoms with Gasteiger partial charge in [-0.05, 0) is 18.9 Å². The highest BCUT2D eigenvalue weighted by molar-refractivity contribution is 6.04. The van der Waals surface area contributed by atoms with Crippen molar-refractivity contribution in [3.8, 4) is 0 Å². The number of aliphatic hydroxyl groups excluding tert-OH is 1. The second-order valence-electron chi connectivity index (χ2n) is 5.46. The van der Waals surface area contributed by atoms with Gasteiger partial charge < -0.3 is 10.4 Å². The maximum Gasteiger partial charge on any atom is 0.274 e. The lowest BCUT2D eigenvalue weighted by atomic mass is 10.1. The number of hydrogen-bond donors (Lipinski definition) is 2. The average molecular weight is 317 g/mol. The Kier molecular flexibility index (Phi) is 6.29. The Morgan fingerprint density at radius 3 is 2.65 bits per heavy atom. The van der Waals surface area contributed by atoms with Crippen molar-refractivity contribution in [2.45, 2.75) is 39.2 Å². The van der Waals surface area contributed by atoms with Crippen molar-refractivity contribution < 1.29 is 9.90 Å². The van der Waals surface area contributed by atoms with Gasteiger partial charge in [-0.15, -0.1) is 0 Å². The summed E-state index contributed by atoms with van der Waals surface area (Å²) in [4.78, 5) is 24.8. The van der Waals surface area contributed by atoms with Crippen molar-refractivity contribution in [3.05, 3.63) is 40.3 Å². The van der Waals surface area contributed by atoms with E-state index in [1.165, 1.54) is 4.68 Å². The molecule has 6 heteroatoms. The number of benzene rings is 1. The first-order valence-electron chi connectivity index (χ1n) is 8.08. The van der Waals surface area contributed by atoms with Gasteiger partial charge >= 0.3 is 0 Å². The molecule has 0 aliphatic heterocycles. The van der Waals surface area contributed by atoms with Gasteiger partial charge in [0.1, 0.15) is 0 Å². The summed E-state index contributed by atoms with van der Waals surface area (Å²) in [6, 6.07) is 7.03. The third kappa shape index (κ3) is 4.16. The van der Waals surface area contributed by atoms with Gasteiger partial charge in [0.2, 0.25) is 0 Å². The standard InChI is InChI=1S/C17H23N3O3/c1-2-3-6-11-20-17(23)14-9-5-4-8-13(14)15(19-20)16(22)18-10-7-12-21/h4-5,8-9,21H,2-3,6-7,10-12H2,1H3,(H,18,22). The Labute approximate surface area is 135 Å². The van der Waals surface area contributed by atoms with E-state index in [4.69, 9.17) is 5.11 Å². The minimum Gasteiger partial charge on any atom is -0.396 e. The van der Waals surface area contributed by atoms with Gasteiger partial charge in [0.25, 0.3) is 11.5 Å². The minimum atomic E-state index is -0.320. The first kappa shape index (κ1) is 17.1. The molecule has 0 aliphatic rings. The molecule has 0 aliphatic carbocycles. The van der Waals surface area contributed by atoms with E-state index in [9.17, 15) is 9.59 Å². The smallest absolute Gasteiger partial charge is 0.274 e. The van der Waals surface area contributed by atoms with E-state index in [1.54, 1.807) is 24.3 Å². The monoisotopic (exact) mass is 317 g/mol. The average Bonchev–Trinajstić information content (AvgIpc) is 2.57. The van der Waals surface area contributed by atoms with Crippen LogP contribution in [0, 0.1) is 0 Å². The third-order valence-corrected chi connectivity index (χ3v) is 3.68. The molecule has 2 N–H and O–H groups in total. The van der Waals surface area contributed by atoms with Crippen LogP contribution in [0.4, 0.5) is 0 Å². The molecule has 2 rings (SSSR count). The predicted molar refractivity (Wildman–Crippen MR) is 89.6 cm³/mol. The van der Waals surface area contributed by atoms with Gasteiger partial charge in [-0.2, -0.15) is 5.10 Å². The highest BCUT2D eigenvalue weighted by Gasteiger charge is 2.16. The second-order valence-corrected chi connectivity index (χ2v) is 5.46. The van der Waals surface area contributed by atoms with Crippen molar-refractivity contribution in [2.75, 3.05) is 13.2 Å². The summed E-state index contributed by atoms with van der Waals surface area (Å²) < 4.78 is 1.39. The van der Waals surface area contributed by atoms with Crippen LogP contribution >= 0.6 is 0 Å². The maximum absolute atomic E-state index is 12.5. The molecule has 2 aromatic rings. The van der Waals surface area contributed by atoms with Crippen molar-refractivity contribution in [2.24, 2.45) is 0 Å². The van der Waals surface area contributed by atoms with Gasteiger partial charge in [-0.1, -0.05) is 38.0 Å². The van der Waals surface area contributed by atoms with Crippen molar-refractivity contribution in [1.29, 1.82) is 0 Å². The molecule has 23 heavy (non-hydrogen) atoms. The van der Waals surface area contributed by atoms with Gasteiger partial charge in [0.05, 0.1) is 5.39 Å². The topological polar surface area (TPSA) is 84.2 Å². The van der Waals surface area contributed by atoms with Crippen LogP contribution in [-0.4, -0.2) is 33.9 Å². The van der Waals surface area contributed by atoms with Crippen LogP contribution in [-0.2, 0) is 6.54 Å². The molecular formula is C17H23N3O3. The van der Waals surface area contributed by atoms with Gasteiger partial charge in [-0.25, -0.2) is 4.68 Å². The summed E-state index contributed by atoms with van der Waals surface area (Å²) in [6.07, 6.45) is 3.41. The molecule has 1 heterocycles. The van der Waals surface area contributed by atoms with Crippen LogP contribution in [0.3, 0.4) is 0 Å². The van der Waals surface area contributed by atoms with E-state index in [0.29, 0.717) is 30.3 Å². The fourth-order valence-corrected chi connectivity index (χ4v) is 2.43. The van der Waals surface area contributed by atoms with Crippen LogP contribution in [0.2, 0.25) is 0 Å². The number of nitrogens with zero attached hydrogens (tertiary/aromatic N) is 2. The SMILES string of the molecule is CCCCCn1nc(C(=O)NCCCO)c2ccccc2c1=O. The quantitative estimate of drug-likeness (QED) is 0.726. The number of hydrogen-bond acceptors (Lipinski definition) is 4. The number of aromatic nitrogens is 2. The zero-order valence-corrected chi connectivity index (χ0v) is 13.4. The number of unbranched alkanes of at least 4 members (excludes halogenated alkanes) is 2. The van der Waals surface area contributed by atoms with Gasteiger partial charge in [-0.3, -0.25) is 9.59 Å². The minimum absolute atomic E-state index is 0.0188. The number of nitrogens with one attached hydrogen (secondary N) is 1. The molecular weight excluding hydrogens is 294 g/mol. The summed E-state index contributed by atoms with van der Waals surface area (Å²) in [7, 11) is 0. The Bertz CT molecular complexity index is 725. The first-order valence-corrected chi connectivity index (χ1v) is 8.08. The Hall–Kier alpha value is -2.21. The largest absolute Gasteiger partial charge is 0.396 e. The number of rotatable bonds is 8. The summed E-state index contributed by atoms with van der Waals surface area (Å²) in [5.41, 5.74) is 0.0956. The summed E-state index contributed by atoms with van der Waals surface area (Å²) >= 11 is 0. The highest BCUT2D eigenvalue weighted by atomic mass is 16.3. The van der Waals surface area contributed by atoms with Crippen LogP contribution < -0.4 is 10.9 Å². The molecule has 1 amide bonds. The van der Waals surface area contributed by atoms with Crippen molar-refractivity contribution in [1.82, 2.24) is 15.1 Å². The predicted octanol–water partition coefficient (Wildman–Crippen LogP) is 1.70. The van der Waals surface area contributed by atoms with Crippen LogP contribution in [0.15, 0.2) is 29.1 Å². The number of aryl methyl sites for hydroxylation is 1. The van der Waals surface area contributed by atoms with Crippen LogP contribution in [0.25, 0.3) is 10.8 Å². The number of carbonyl (C=O) groups is 1. The van der Waals surface area contributed by atoms with Crippen LogP contribution in [0.1, 0.15) is 43.1 Å². The Morgan fingerprint density at radius 2 is 1.96 bits per heavy atom. The normalized spacial score (nSPS) is 10.9. The zero-order chi connectivity index (χ0) is 16.7.